The molecule has 0 aliphatic heterocycles. The zero-order valence-electron chi connectivity index (χ0n) is 10.9. The molecule has 0 saturated carbocycles. The Kier molecular flexibility index (Phi) is 5.53. The summed E-state index contributed by atoms with van der Waals surface area (Å²) >= 11 is 0. The average Bonchev–Trinajstić information content (AvgIpc) is 2.57. The summed E-state index contributed by atoms with van der Waals surface area (Å²) in [5, 5.41) is 4.33. The zero-order chi connectivity index (χ0) is 12.0. The molecule has 16 heavy (non-hydrogen) atoms. The first-order chi connectivity index (χ1) is 7.65. The Balaban J connectivity index is 2.29. The lowest BCUT2D eigenvalue weighted by atomic mass is 10.0. The second kappa shape index (κ2) is 6.69. The molecule has 1 atom stereocenters. The molecule has 0 spiro atoms. The van der Waals surface area contributed by atoms with Gasteiger partial charge in [0.15, 0.2) is 0 Å². The second-order valence-electron chi connectivity index (χ2n) is 4.64. The van der Waals surface area contributed by atoms with Gasteiger partial charge in [-0.2, -0.15) is 5.10 Å². The van der Waals surface area contributed by atoms with Crippen LogP contribution in [0.3, 0.4) is 0 Å². The largest absolute Gasteiger partial charge is 0.323 e. The van der Waals surface area contributed by atoms with Crippen molar-refractivity contribution in [3.8, 4) is 0 Å². The van der Waals surface area contributed by atoms with Crippen LogP contribution in [0.4, 0.5) is 0 Å². The first-order valence-corrected chi connectivity index (χ1v) is 6.41. The van der Waals surface area contributed by atoms with E-state index in [4.69, 9.17) is 5.73 Å². The molecule has 3 nitrogen and oxygen atoms in total. The van der Waals surface area contributed by atoms with Crippen molar-refractivity contribution in [1.82, 2.24) is 9.78 Å². The van der Waals surface area contributed by atoms with Crippen LogP contribution in [-0.4, -0.2) is 9.78 Å². The van der Waals surface area contributed by atoms with Crippen LogP contribution in [-0.2, 0) is 7.05 Å². The Hall–Kier alpha value is -0.830. The maximum atomic E-state index is 6.16. The van der Waals surface area contributed by atoms with Crippen molar-refractivity contribution in [2.24, 2.45) is 12.8 Å². The third kappa shape index (κ3) is 3.97. The SMILES string of the molecule is CCCCCCCC(N)c1cc(C)nn1C. The highest BCUT2D eigenvalue weighted by molar-refractivity contribution is 5.12. The van der Waals surface area contributed by atoms with Gasteiger partial charge in [0, 0.05) is 13.1 Å². The molecule has 3 heteroatoms. The minimum atomic E-state index is 0.146. The van der Waals surface area contributed by atoms with Crippen LogP contribution in [0, 0.1) is 6.92 Å². The van der Waals surface area contributed by atoms with Gasteiger partial charge < -0.3 is 5.73 Å². The summed E-state index contributed by atoms with van der Waals surface area (Å²) in [6, 6.07) is 2.24. The number of aryl methyl sites for hydroxylation is 2. The fourth-order valence-electron chi connectivity index (χ4n) is 2.09. The van der Waals surface area contributed by atoms with Gasteiger partial charge in [0.1, 0.15) is 0 Å². The van der Waals surface area contributed by atoms with Crippen molar-refractivity contribution in [3.05, 3.63) is 17.5 Å². The molecule has 0 aliphatic rings. The predicted molar refractivity (Wildman–Crippen MR) is 68.2 cm³/mol. The lowest BCUT2D eigenvalue weighted by Gasteiger charge is -2.11. The van der Waals surface area contributed by atoms with Crippen LogP contribution in [0.5, 0.6) is 0 Å². The van der Waals surface area contributed by atoms with Gasteiger partial charge in [0.2, 0.25) is 0 Å². The van der Waals surface area contributed by atoms with Crippen LogP contribution in [0.25, 0.3) is 0 Å². The molecule has 0 saturated heterocycles. The number of hydrogen-bond donors (Lipinski definition) is 1. The van der Waals surface area contributed by atoms with Crippen LogP contribution >= 0.6 is 0 Å². The third-order valence-electron chi connectivity index (χ3n) is 3.04. The van der Waals surface area contributed by atoms with Gasteiger partial charge in [0.25, 0.3) is 0 Å². The van der Waals surface area contributed by atoms with Crippen molar-refractivity contribution in [1.29, 1.82) is 0 Å². The molecular weight excluding hydrogens is 198 g/mol. The van der Waals surface area contributed by atoms with Crippen molar-refractivity contribution in [3.63, 3.8) is 0 Å². The Morgan fingerprint density at radius 3 is 2.56 bits per heavy atom. The number of hydrogen-bond acceptors (Lipinski definition) is 2. The van der Waals surface area contributed by atoms with Gasteiger partial charge >= 0.3 is 0 Å². The zero-order valence-corrected chi connectivity index (χ0v) is 10.9. The number of unbranched alkanes of at least 4 members (excludes halogenated alkanes) is 4. The van der Waals surface area contributed by atoms with Crippen molar-refractivity contribution in [2.75, 3.05) is 0 Å². The van der Waals surface area contributed by atoms with Gasteiger partial charge in [-0.1, -0.05) is 39.0 Å². The summed E-state index contributed by atoms with van der Waals surface area (Å²) in [5.41, 5.74) is 8.38. The molecule has 0 bridgehead atoms. The molecule has 92 valence electrons. The molecule has 0 amide bonds. The van der Waals surface area contributed by atoms with Crippen LogP contribution in [0.1, 0.15) is 62.9 Å². The summed E-state index contributed by atoms with van der Waals surface area (Å²) in [5.74, 6) is 0. The molecule has 2 N–H and O–H groups in total. The highest BCUT2D eigenvalue weighted by atomic mass is 15.3. The van der Waals surface area contributed by atoms with E-state index in [0.717, 1.165) is 17.8 Å². The van der Waals surface area contributed by atoms with E-state index in [1.807, 2.05) is 18.7 Å². The highest BCUT2D eigenvalue weighted by Crippen LogP contribution is 2.18. The number of nitrogens with zero attached hydrogens (tertiary/aromatic N) is 2. The summed E-state index contributed by atoms with van der Waals surface area (Å²) < 4.78 is 1.91. The molecule has 0 aliphatic carbocycles. The molecular formula is C13H25N3. The topological polar surface area (TPSA) is 43.8 Å². The Morgan fingerprint density at radius 1 is 1.31 bits per heavy atom. The molecule has 1 aromatic heterocycles. The standard InChI is InChI=1S/C13H25N3/c1-4-5-6-7-8-9-12(14)13-10-11(2)15-16(13)3/h10,12H,4-9,14H2,1-3H3. The molecule has 1 heterocycles. The first kappa shape index (κ1) is 13.2. The molecule has 1 unspecified atom stereocenters. The molecule has 0 radical (unpaired) electrons. The maximum Gasteiger partial charge on any atom is 0.0597 e. The van der Waals surface area contributed by atoms with Crippen LogP contribution < -0.4 is 5.73 Å². The fourth-order valence-corrected chi connectivity index (χ4v) is 2.09. The highest BCUT2D eigenvalue weighted by Gasteiger charge is 2.10. The maximum absolute atomic E-state index is 6.16. The van der Waals surface area contributed by atoms with Gasteiger partial charge in [0.05, 0.1) is 11.4 Å². The first-order valence-electron chi connectivity index (χ1n) is 6.41. The summed E-state index contributed by atoms with van der Waals surface area (Å²) in [4.78, 5) is 0. The molecule has 0 aromatic carbocycles. The Labute approximate surface area is 99.0 Å². The summed E-state index contributed by atoms with van der Waals surface area (Å²) in [7, 11) is 1.97. The van der Waals surface area contributed by atoms with E-state index >= 15 is 0 Å². The number of aromatic nitrogens is 2. The smallest absolute Gasteiger partial charge is 0.0597 e. The summed E-state index contributed by atoms with van der Waals surface area (Å²) in [6.45, 7) is 4.25. The van der Waals surface area contributed by atoms with Crippen molar-refractivity contribution < 1.29 is 0 Å². The van der Waals surface area contributed by atoms with Gasteiger partial charge in [-0.3, -0.25) is 4.68 Å². The van der Waals surface area contributed by atoms with Gasteiger partial charge in [-0.05, 0) is 19.4 Å². The lowest BCUT2D eigenvalue weighted by Crippen LogP contribution is -2.14. The Bertz CT molecular complexity index is 304. The van der Waals surface area contributed by atoms with E-state index in [9.17, 15) is 0 Å². The quantitative estimate of drug-likeness (QED) is 0.722. The van der Waals surface area contributed by atoms with E-state index < -0.39 is 0 Å². The lowest BCUT2D eigenvalue weighted by molar-refractivity contribution is 0.527. The van der Waals surface area contributed by atoms with Gasteiger partial charge in [-0.15, -0.1) is 0 Å². The van der Waals surface area contributed by atoms with E-state index in [0.29, 0.717) is 0 Å². The number of nitrogens with two attached hydrogens (primary N) is 1. The molecule has 1 aromatic rings. The Morgan fingerprint density at radius 2 is 2.00 bits per heavy atom. The normalized spacial score (nSPS) is 13.0. The van der Waals surface area contributed by atoms with E-state index in [2.05, 4.69) is 18.1 Å². The fraction of sp³-hybridized carbons (Fsp3) is 0.769. The molecule has 1 rings (SSSR count). The third-order valence-corrected chi connectivity index (χ3v) is 3.04. The van der Waals surface area contributed by atoms with E-state index in [1.54, 1.807) is 0 Å². The number of rotatable bonds is 7. The van der Waals surface area contributed by atoms with Crippen LogP contribution in [0.2, 0.25) is 0 Å². The van der Waals surface area contributed by atoms with Gasteiger partial charge in [-0.25, -0.2) is 0 Å². The van der Waals surface area contributed by atoms with Crippen molar-refractivity contribution >= 4 is 0 Å². The van der Waals surface area contributed by atoms with E-state index in [1.165, 1.54) is 32.1 Å². The van der Waals surface area contributed by atoms with E-state index in [-0.39, 0.29) is 6.04 Å². The predicted octanol–water partition coefficient (Wildman–Crippen LogP) is 3.09. The van der Waals surface area contributed by atoms with Crippen LogP contribution in [0.15, 0.2) is 6.07 Å². The summed E-state index contributed by atoms with van der Waals surface area (Å²) in [6.07, 6.45) is 7.59. The minimum absolute atomic E-state index is 0.146. The monoisotopic (exact) mass is 223 g/mol. The molecule has 0 fully saturated rings. The van der Waals surface area contributed by atoms with Crippen molar-refractivity contribution in [2.45, 2.75) is 58.4 Å². The average molecular weight is 223 g/mol. The minimum Gasteiger partial charge on any atom is -0.323 e. The second-order valence-corrected chi connectivity index (χ2v) is 4.64.